The number of carbonyl (C=O) groups is 1. The van der Waals surface area contributed by atoms with Gasteiger partial charge in [0, 0.05) is 23.1 Å². The summed E-state index contributed by atoms with van der Waals surface area (Å²) in [5.41, 5.74) is 7.51. The third-order valence-electron chi connectivity index (χ3n) is 5.56. The monoisotopic (exact) mass is 598 g/mol. The number of carbonyl (C=O) groups excluding carboxylic acids is 1. The maximum absolute atomic E-state index is 14.3. The van der Waals surface area contributed by atoms with Gasteiger partial charge in [-0.3, -0.25) is 23.7 Å². The summed E-state index contributed by atoms with van der Waals surface area (Å²) in [5.74, 6) is -15.3. The van der Waals surface area contributed by atoms with E-state index in [4.69, 9.17) is 14.8 Å². The molecule has 0 bridgehead atoms. The first kappa shape index (κ1) is 30.8. The fourth-order valence-electron chi connectivity index (χ4n) is 3.54. The van der Waals surface area contributed by atoms with Crippen LogP contribution in [0.4, 0.5) is 22.0 Å². The van der Waals surface area contributed by atoms with Crippen LogP contribution < -0.4 is 20.9 Å². The van der Waals surface area contributed by atoms with E-state index in [2.05, 4.69) is 24.3 Å². The molecule has 1 saturated heterocycles. The number of H-pyrrole nitrogens is 1. The fraction of sp³-hybridized carbons (Fsp3) is 0.450. The maximum atomic E-state index is 14.3. The van der Waals surface area contributed by atoms with Crippen LogP contribution in [0.3, 0.4) is 0 Å². The Kier molecular flexibility index (Phi) is 9.37. The van der Waals surface area contributed by atoms with E-state index in [-0.39, 0.29) is 12.0 Å². The topological polar surface area (TPSA) is 187 Å². The molecule has 0 amide bonds. The Morgan fingerprint density at radius 2 is 1.85 bits per heavy atom. The second-order valence-corrected chi connectivity index (χ2v) is 9.97. The molecule has 2 aromatic rings. The summed E-state index contributed by atoms with van der Waals surface area (Å²) in [4.78, 5) is 40.4. The van der Waals surface area contributed by atoms with Crippen LogP contribution in [0.25, 0.3) is 10.4 Å². The summed E-state index contributed by atoms with van der Waals surface area (Å²) in [6.07, 6.45) is -1.48. The molecule has 0 radical (unpaired) electrons. The van der Waals surface area contributed by atoms with Crippen LogP contribution in [-0.4, -0.2) is 47.4 Å². The van der Waals surface area contributed by atoms with Gasteiger partial charge >= 0.3 is 19.4 Å². The van der Waals surface area contributed by atoms with Crippen LogP contribution in [0, 0.1) is 36.0 Å². The lowest BCUT2D eigenvalue weighted by molar-refractivity contribution is -0.142. The number of halogens is 5. The van der Waals surface area contributed by atoms with Crippen molar-refractivity contribution in [1.82, 2.24) is 14.6 Å². The van der Waals surface area contributed by atoms with Gasteiger partial charge in [0.15, 0.2) is 0 Å². The summed E-state index contributed by atoms with van der Waals surface area (Å²) in [6, 6.07) is -2.68. The van der Waals surface area contributed by atoms with E-state index in [1.54, 1.807) is 0 Å². The normalized spacial score (nSPS) is 20.9. The zero-order chi connectivity index (χ0) is 29.9. The zero-order valence-corrected chi connectivity index (χ0v) is 21.6. The number of rotatable bonds is 10. The van der Waals surface area contributed by atoms with E-state index in [1.165, 1.54) is 13.1 Å². The second kappa shape index (κ2) is 12.2. The number of nitrogens with zero attached hydrogens (tertiary/aromatic N) is 4. The van der Waals surface area contributed by atoms with Crippen molar-refractivity contribution in [2.24, 2.45) is 5.11 Å². The van der Waals surface area contributed by atoms with Gasteiger partial charge in [-0.2, -0.15) is 13.9 Å². The van der Waals surface area contributed by atoms with Gasteiger partial charge in [-0.15, -0.1) is 0 Å². The Labute approximate surface area is 220 Å². The highest BCUT2D eigenvalue weighted by Crippen LogP contribution is 2.48. The molecule has 1 aliphatic rings. The first-order valence-electron chi connectivity index (χ1n) is 11.1. The Bertz CT molecular complexity index is 1500. The standard InChI is InChI=1S/C20H20F5N6O8P/c1-7-5-31(20(34)27-18(7)32)11-4-9(28-30-26)10(38-11)6-37-40(35,29-8(2)19(33)36-3)39-17-15(24)13(22)12(21)14(23)16(17)25/h5,8-11H,4,6H2,1-3H3,(H,29,35)(H,27,32,34)/t8-,9-,10+,11+,40?/m0/s1. The summed E-state index contributed by atoms with van der Waals surface area (Å²) >= 11 is 0. The summed E-state index contributed by atoms with van der Waals surface area (Å²) in [7, 11) is -4.26. The lowest BCUT2D eigenvalue weighted by Gasteiger charge is -2.25. The number of aromatic nitrogens is 2. The summed E-state index contributed by atoms with van der Waals surface area (Å²) in [6.45, 7) is 1.57. The van der Waals surface area contributed by atoms with Crippen molar-refractivity contribution in [1.29, 1.82) is 0 Å². The lowest BCUT2D eigenvalue weighted by atomic mass is 10.1. The molecule has 1 aromatic heterocycles. The van der Waals surface area contributed by atoms with Crippen molar-refractivity contribution in [2.75, 3.05) is 13.7 Å². The van der Waals surface area contributed by atoms with Crippen molar-refractivity contribution >= 4 is 13.7 Å². The predicted octanol–water partition coefficient (Wildman–Crippen LogP) is 2.86. The predicted molar refractivity (Wildman–Crippen MR) is 123 cm³/mol. The molecular weight excluding hydrogens is 578 g/mol. The molecule has 0 aliphatic carbocycles. The number of esters is 1. The Morgan fingerprint density at radius 3 is 2.42 bits per heavy atom. The molecule has 5 atom stereocenters. The molecule has 1 unspecified atom stereocenters. The van der Waals surface area contributed by atoms with Crippen LogP contribution in [0.2, 0.25) is 0 Å². The van der Waals surface area contributed by atoms with E-state index in [0.29, 0.717) is 0 Å². The molecule has 20 heteroatoms. The van der Waals surface area contributed by atoms with Crippen molar-refractivity contribution < 1.29 is 49.8 Å². The number of ether oxygens (including phenoxy) is 2. The smallest absolute Gasteiger partial charge is 0.459 e. The van der Waals surface area contributed by atoms with Gasteiger partial charge in [0.1, 0.15) is 12.3 Å². The number of nitrogens with one attached hydrogen (secondary N) is 2. The molecule has 2 heterocycles. The molecule has 3 rings (SSSR count). The average molecular weight is 598 g/mol. The molecule has 0 spiro atoms. The lowest BCUT2D eigenvalue weighted by Crippen LogP contribution is -2.36. The highest BCUT2D eigenvalue weighted by Gasteiger charge is 2.41. The number of hydrogen-bond donors (Lipinski definition) is 2. The molecule has 1 aliphatic heterocycles. The molecule has 218 valence electrons. The fourth-order valence-corrected chi connectivity index (χ4v) is 5.04. The van der Waals surface area contributed by atoms with Crippen LogP contribution in [0.5, 0.6) is 5.75 Å². The number of benzene rings is 1. The highest BCUT2D eigenvalue weighted by molar-refractivity contribution is 7.52. The number of azide groups is 1. The number of aromatic amines is 1. The van der Waals surface area contributed by atoms with Gasteiger partial charge in [-0.05, 0) is 19.4 Å². The Balaban J connectivity index is 1.94. The number of aryl methyl sites for hydroxylation is 1. The molecular formula is C20H20F5N6O8P. The van der Waals surface area contributed by atoms with Crippen molar-refractivity contribution in [3.8, 4) is 5.75 Å². The van der Waals surface area contributed by atoms with E-state index >= 15 is 0 Å². The first-order valence-corrected chi connectivity index (χ1v) is 12.6. The summed E-state index contributed by atoms with van der Waals surface area (Å²) < 4.78 is 104. The van der Waals surface area contributed by atoms with E-state index in [1.807, 2.05) is 5.09 Å². The number of hydrogen-bond acceptors (Lipinski definition) is 9. The third kappa shape index (κ3) is 6.34. The number of methoxy groups -OCH3 is 1. The summed E-state index contributed by atoms with van der Waals surface area (Å²) in [5, 5.41) is 5.45. The maximum Gasteiger partial charge on any atom is 0.459 e. The Hall–Kier alpha value is -3.76. The van der Waals surface area contributed by atoms with Crippen LogP contribution in [0.15, 0.2) is 20.9 Å². The van der Waals surface area contributed by atoms with Crippen molar-refractivity contribution in [2.45, 2.75) is 44.7 Å². The quantitative estimate of drug-likeness (QED) is 0.0606. The molecule has 40 heavy (non-hydrogen) atoms. The second-order valence-electron chi connectivity index (χ2n) is 8.27. The van der Waals surface area contributed by atoms with Gasteiger partial charge in [0.2, 0.25) is 34.8 Å². The SMILES string of the molecule is COC(=O)[C@H](C)NP(=O)(OC[C@H]1O[C@@H](n2cc(C)c(=O)[nH]c2=O)C[C@@H]1N=[N+]=[N-])Oc1c(F)c(F)c(F)c(F)c1F. The van der Waals surface area contributed by atoms with E-state index in [0.717, 1.165) is 18.6 Å². The van der Waals surface area contributed by atoms with E-state index in [9.17, 15) is 40.9 Å². The van der Waals surface area contributed by atoms with Crippen LogP contribution >= 0.6 is 7.75 Å². The minimum absolute atomic E-state index is 0.130. The molecule has 1 aromatic carbocycles. The van der Waals surface area contributed by atoms with Gasteiger partial charge in [0.25, 0.3) is 5.56 Å². The van der Waals surface area contributed by atoms with Gasteiger partial charge < -0.3 is 14.0 Å². The molecule has 2 N–H and O–H groups in total. The third-order valence-corrected chi connectivity index (χ3v) is 7.17. The van der Waals surface area contributed by atoms with E-state index < -0.39 is 90.8 Å². The Morgan fingerprint density at radius 1 is 1.25 bits per heavy atom. The van der Waals surface area contributed by atoms with Crippen LogP contribution in [0.1, 0.15) is 25.1 Å². The first-order chi connectivity index (χ1) is 18.7. The highest BCUT2D eigenvalue weighted by atomic mass is 31.2. The molecule has 1 fully saturated rings. The van der Waals surface area contributed by atoms with Gasteiger partial charge in [-0.1, -0.05) is 5.11 Å². The van der Waals surface area contributed by atoms with Crippen molar-refractivity contribution in [3.63, 3.8) is 0 Å². The van der Waals surface area contributed by atoms with Crippen LogP contribution in [-0.2, 0) is 23.4 Å². The van der Waals surface area contributed by atoms with Gasteiger partial charge in [0.05, 0.1) is 25.9 Å². The minimum Gasteiger partial charge on any atom is -0.468 e. The minimum atomic E-state index is -5.20. The van der Waals surface area contributed by atoms with Gasteiger partial charge in [-0.25, -0.2) is 22.5 Å². The van der Waals surface area contributed by atoms with Crippen molar-refractivity contribution in [3.05, 3.63) is 72.1 Å². The average Bonchev–Trinajstić information content (AvgIpc) is 3.31. The molecule has 14 nitrogen and oxygen atoms in total. The zero-order valence-electron chi connectivity index (χ0n) is 20.7. The largest absolute Gasteiger partial charge is 0.468 e. The molecule has 0 saturated carbocycles.